The maximum atomic E-state index is 8.99. The van der Waals surface area contributed by atoms with Gasteiger partial charge in [0.1, 0.15) is 6.79 Å². The van der Waals surface area contributed by atoms with Crippen molar-refractivity contribution in [1.29, 1.82) is 0 Å². The minimum Gasteiger partial charge on any atom is -0.449 e. The number of methoxy groups -OCH3 is 1. The molecule has 1 aromatic carbocycles. The zero-order valence-corrected chi connectivity index (χ0v) is 7.69. The van der Waals surface area contributed by atoms with Crippen molar-refractivity contribution in [2.75, 3.05) is 13.9 Å². The molecule has 0 saturated heterocycles. The number of ether oxygens (including phenoxy) is 2. The fourth-order valence-electron chi connectivity index (χ4n) is 1.09. The van der Waals surface area contributed by atoms with Crippen molar-refractivity contribution in [2.45, 2.75) is 6.61 Å². The van der Waals surface area contributed by atoms with Gasteiger partial charge in [0.05, 0.1) is 6.61 Å². The molecule has 0 saturated carbocycles. The molecule has 0 bridgehead atoms. The zero-order valence-electron chi connectivity index (χ0n) is 7.69. The molecule has 0 radical (unpaired) electrons. The summed E-state index contributed by atoms with van der Waals surface area (Å²) in [4.78, 5) is 0. The van der Waals surface area contributed by atoms with Crippen LogP contribution in [0.5, 0.6) is 0 Å². The van der Waals surface area contributed by atoms with Gasteiger partial charge in [0.2, 0.25) is 0 Å². The first-order valence-corrected chi connectivity index (χ1v) is 4.12. The van der Waals surface area contributed by atoms with E-state index in [2.05, 4.69) is 0 Å². The molecule has 0 aliphatic rings. The Hall–Kier alpha value is -0.835. The first-order valence-electron chi connectivity index (χ1n) is 4.12. The summed E-state index contributed by atoms with van der Waals surface area (Å²) in [7, 11) is 1.63. The highest BCUT2D eigenvalue weighted by Gasteiger charge is 2.00. The van der Waals surface area contributed by atoms with Gasteiger partial charge in [0.25, 0.3) is 0 Å². The Bertz CT molecular complexity index is 252. The monoisotopic (exact) mass is 180 g/mol. The lowest BCUT2D eigenvalue weighted by Gasteiger charge is -2.06. The Morgan fingerprint density at radius 3 is 2.85 bits per heavy atom. The second-order valence-electron chi connectivity index (χ2n) is 2.68. The third-order valence-electron chi connectivity index (χ3n) is 1.75. The summed E-state index contributed by atoms with van der Waals surface area (Å²) in [6.07, 6.45) is 0. The molecule has 1 aromatic rings. The molecule has 0 spiro atoms. The lowest BCUT2D eigenvalue weighted by Crippen LogP contribution is -2.19. The SMILES string of the molecule is COCOCc1ccccc1BO. The third-order valence-corrected chi connectivity index (χ3v) is 1.75. The van der Waals surface area contributed by atoms with Gasteiger partial charge in [-0.3, -0.25) is 0 Å². The standard InChI is InChI=1S/C9H13BO3/c1-12-7-13-6-8-4-2-3-5-9(8)10-11/h2-5,10-11H,6-7H2,1H3. The Labute approximate surface area is 78.6 Å². The molecule has 4 heteroatoms. The smallest absolute Gasteiger partial charge is 0.305 e. The molecule has 1 rings (SSSR count). The van der Waals surface area contributed by atoms with Crippen LogP contribution < -0.4 is 5.46 Å². The van der Waals surface area contributed by atoms with Gasteiger partial charge in [-0.05, 0) is 11.0 Å². The zero-order chi connectivity index (χ0) is 9.52. The van der Waals surface area contributed by atoms with E-state index in [0.717, 1.165) is 11.0 Å². The van der Waals surface area contributed by atoms with Crippen LogP contribution in [-0.2, 0) is 16.1 Å². The first-order chi connectivity index (χ1) is 6.38. The summed E-state index contributed by atoms with van der Waals surface area (Å²) >= 11 is 0. The summed E-state index contributed by atoms with van der Waals surface area (Å²) in [5.74, 6) is 0. The highest BCUT2D eigenvalue weighted by molar-refractivity contribution is 6.46. The van der Waals surface area contributed by atoms with E-state index in [1.54, 1.807) is 7.11 Å². The maximum absolute atomic E-state index is 8.99. The quantitative estimate of drug-likeness (QED) is 0.386. The van der Waals surface area contributed by atoms with Crippen LogP contribution in [0.25, 0.3) is 0 Å². The van der Waals surface area contributed by atoms with Crippen LogP contribution in [0.4, 0.5) is 0 Å². The lowest BCUT2D eigenvalue weighted by atomic mass is 9.85. The van der Waals surface area contributed by atoms with E-state index in [0.29, 0.717) is 6.61 Å². The maximum Gasteiger partial charge on any atom is 0.305 e. The van der Waals surface area contributed by atoms with Gasteiger partial charge in [0.15, 0.2) is 0 Å². The highest BCUT2D eigenvalue weighted by atomic mass is 16.7. The van der Waals surface area contributed by atoms with Gasteiger partial charge in [-0.1, -0.05) is 24.3 Å². The molecule has 0 aromatic heterocycles. The van der Waals surface area contributed by atoms with Crippen molar-refractivity contribution in [3.8, 4) is 0 Å². The average Bonchev–Trinajstić information content (AvgIpc) is 2.19. The Morgan fingerprint density at radius 1 is 1.38 bits per heavy atom. The molecule has 13 heavy (non-hydrogen) atoms. The molecule has 3 nitrogen and oxygen atoms in total. The molecule has 0 aliphatic heterocycles. The van der Waals surface area contributed by atoms with Crippen LogP contribution in [0.3, 0.4) is 0 Å². The third kappa shape index (κ3) is 3.18. The summed E-state index contributed by atoms with van der Waals surface area (Å²) in [6.45, 7) is 0.754. The van der Waals surface area contributed by atoms with Crippen LogP contribution in [0.15, 0.2) is 24.3 Å². The molecule has 0 unspecified atom stereocenters. The number of rotatable bonds is 5. The molecule has 0 amide bonds. The van der Waals surface area contributed by atoms with Crippen LogP contribution in [0.1, 0.15) is 5.56 Å². The van der Waals surface area contributed by atoms with E-state index >= 15 is 0 Å². The van der Waals surface area contributed by atoms with Gasteiger partial charge in [-0.2, -0.15) is 0 Å². The highest BCUT2D eigenvalue weighted by Crippen LogP contribution is 1.97. The fraction of sp³-hybridized carbons (Fsp3) is 0.333. The van der Waals surface area contributed by atoms with Gasteiger partial charge in [-0.25, -0.2) is 0 Å². The van der Waals surface area contributed by atoms with Crippen LogP contribution >= 0.6 is 0 Å². The minimum atomic E-state index is 0.0481. The Balaban J connectivity index is 2.54. The second kappa shape index (κ2) is 5.75. The predicted molar refractivity (Wildman–Crippen MR) is 52.1 cm³/mol. The summed E-state index contributed by atoms with van der Waals surface area (Å²) in [5, 5.41) is 8.99. The largest absolute Gasteiger partial charge is 0.449 e. The molecule has 0 atom stereocenters. The Kier molecular flexibility index (Phi) is 4.53. The number of benzene rings is 1. The van der Waals surface area contributed by atoms with Crippen molar-refractivity contribution in [3.63, 3.8) is 0 Å². The van der Waals surface area contributed by atoms with Crippen LogP contribution in [-0.4, -0.2) is 26.4 Å². The number of hydrogen-bond donors (Lipinski definition) is 1. The van der Waals surface area contributed by atoms with Crippen molar-refractivity contribution >= 4 is 12.9 Å². The molecular formula is C9H13BO3. The van der Waals surface area contributed by atoms with Gasteiger partial charge in [-0.15, -0.1) is 0 Å². The summed E-state index contributed by atoms with van der Waals surface area (Å²) in [6, 6.07) is 7.63. The van der Waals surface area contributed by atoms with Crippen molar-refractivity contribution in [1.82, 2.24) is 0 Å². The van der Waals surface area contributed by atoms with Crippen molar-refractivity contribution in [3.05, 3.63) is 29.8 Å². The van der Waals surface area contributed by atoms with E-state index in [1.807, 2.05) is 24.3 Å². The Morgan fingerprint density at radius 2 is 2.15 bits per heavy atom. The molecule has 0 fully saturated rings. The van der Waals surface area contributed by atoms with E-state index in [9.17, 15) is 0 Å². The van der Waals surface area contributed by atoms with Gasteiger partial charge in [0, 0.05) is 7.11 Å². The van der Waals surface area contributed by atoms with Gasteiger partial charge < -0.3 is 14.5 Å². The molecular weight excluding hydrogens is 167 g/mol. The van der Waals surface area contributed by atoms with Gasteiger partial charge >= 0.3 is 7.48 Å². The van der Waals surface area contributed by atoms with E-state index in [-0.39, 0.29) is 14.3 Å². The first kappa shape index (κ1) is 10.2. The lowest BCUT2D eigenvalue weighted by molar-refractivity contribution is -0.0388. The summed E-state index contributed by atoms with van der Waals surface area (Å²) in [5.41, 5.74) is 1.90. The van der Waals surface area contributed by atoms with Crippen LogP contribution in [0, 0.1) is 0 Å². The van der Waals surface area contributed by atoms with E-state index in [1.165, 1.54) is 0 Å². The second-order valence-corrected chi connectivity index (χ2v) is 2.68. The molecule has 0 aliphatic carbocycles. The molecule has 70 valence electrons. The van der Waals surface area contributed by atoms with E-state index < -0.39 is 0 Å². The van der Waals surface area contributed by atoms with E-state index in [4.69, 9.17) is 14.5 Å². The normalized spacial score (nSPS) is 10.0. The number of hydrogen-bond acceptors (Lipinski definition) is 3. The topological polar surface area (TPSA) is 38.7 Å². The molecule has 1 N–H and O–H groups in total. The summed E-state index contributed by atoms with van der Waals surface area (Å²) < 4.78 is 9.93. The minimum absolute atomic E-state index is 0.0481. The fourth-order valence-corrected chi connectivity index (χ4v) is 1.09. The predicted octanol–water partition coefficient (Wildman–Crippen LogP) is -0.224. The van der Waals surface area contributed by atoms with Crippen molar-refractivity contribution < 1.29 is 14.5 Å². The van der Waals surface area contributed by atoms with Crippen molar-refractivity contribution in [2.24, 2.45) is 0 Å². The van der Waals surface area contributed by atoms with Crippen LogP contribution in [0.2, 0.25) is 0 Å². The molecule has 0 heterocycles. The average molecular weight is 180 g/mol.